The monoisotopic (exact) mass is 344 g/mol. The van der Waals surface area contributed by atoms with E-state index in [-0.39, 0.29) is 18.2 Å². The molecule has 6 nitrogen and oxygen atoms in total. The van der Waals surface area contributed by atoms with Crippen molar-refractivity contribution in [1.29, 1.82) is 0 Å². The molecule has 2 unspecified atom stereocenters. The SMILES string of the molecule is Cc1cccc(OC(C)CNC(=O)NC(C)c2c(C)nn(C)c2C)c1. The summed E-state index contributed by atoms with van der Waals surface area (Å²) in [5.74, 6) is 0.810. The third-order valence-corrected chi connectivity index (χ3v) is 4.22. The van der Waals surface area contributed by atoms with Crippen LogP contribution in [0.25, 0.3) is 0 Å². The van der Waals surface area contributed by atoms with E-state index in [1.54, 1.807) is 0 Å². The van der Waals surface area contributed by atoms with Crippen LogP contribution in [-0.4, -0.2) is 28.5 Å². The smallest absolute Gasteiger partial charge is 0.315 e. The Morgan fingerprint density at radius 2 is 2.00 bits per heavy atom. The van der Waals surface area contributed by atoms with Gasteiger partial charge >= 0.3 is 6.03 Å². The highest BCUT2D eigenvalue weighted by Crippen LogP contribution is 2.20. The molecule has 136 valence electrons. The Morgan fingerprint density at radius 1 is 1.28 bits per heavy atom. The molecule has 1 aromatic carbocycles. The maximum atomic E-state index is 12.2. The summed E-state index contributed by atoms with van der Waals surface area (Å²) in [6.45, 7) is 10.3. The van der Waals surface area contributed by atoms with Crippen LogP contribution < -0.4 is 15.4 Å². The number of benzene rings is 1. The summed E-state index contributed by atoms with van der Waals surface area (Å²) >= 11 is 0. The van der Waals surface area contributed by atoms with Gasteiger partial charge in [0.2, 0.25) is 0 Å². The maximum absolute atomic E-state index is 12.2. The molecule has 2 amide bonds. The van der Waals surface area contributed by atoms with E-state index < -0.39 is 0 Å². The van der Waals surface area contributed by atoms with Crippen molar-refractivity contribution in [2.24, 2.45) is 7.05 Å². The lowest BCUT2D eigenvalue weighted by molar-refractivity contribution is 0.206. The van der Waals surface area contributed by atoms with Gasteiger partial charge in [-0.1, -0.05) is 12.1 Å². The van der Waals surface area contributed by atoms with Crippen molar-refractivity contribution in [1.82, 2.24) is 20.4 Å². The number of amides is 2. The van der Waals surface area contributed by atoms with E-state index in [2.05, 4.69) is 15.7 Å². The quantitative estimate of drug-likeness (QED) is 0.846. The summed E-state index contributed by atoms with van der Waals surface area (Å²) < 4.78 is 7.65. The molecule has 0 aliphatic rings. The Kier molecular flexibility index (Phi) is 6.07. The number of aryl methyl sites for hydroxylation is 3. The summed E-state index contributed by atoms with van der Waals surface area (Å²) in [5, 5.41) is 10.2. The standard InChI is InChI=1S/C19H28N4O2/c1-12-8-7-9-17(10-12)25-13(2)11-20-19(24)21-14(3)18-15(4)22-23(6)16(18)5/h7-10,13-14H,11H2,1-6H3,(H2,20,21,24). The van der Waals surface area contributed by atoms with E-state index in [0.29, 0.717) is 6.54 Å². The van der Waals surface area contributed by atoms with Crippen molar-refractivity contribution in [2.75, 3.05) is 6.54 Å². The number of carbonyl (C=O) groups is 1. The van der Waals surface area contributed by atoms with Gasteiger partial charge in [-0.2, -0.15) is 5.10 Å². The average Bonchev–Trinajstić information content (AvgIpc) is 2.78. The highest BCUT2D eigenvalue weighted by atomic mass is 16.5. The average molecular weight is 344 g/mol. The van der Waals surface area contributed by atoms with Crippen molar-refractivity contribution in [3.8, 4) is 5.75 Å². The number of ether oxygens (including phenoxy) is 1. The first-order chi connectivity index (χ1) is 11.8. The first kappa shape index (κ1) is 18.8. The number of hydrogen-bond acceptors (Lipinski definition) is 3. The second kappa shape index (κ2) is 8.05. The molecule has 0 saturated heterocycles. The fourth-order valence-corrected chi connectivity index (χ4v) is 2.94. The molecular weight excluding hydrogens is 316 g/mol. The molecule has 25 heavy (non-hydrogen) atoms. The molecule has 0 radical (unpaired) electrons. The highest BCUT2D eigenvalue weighted by Gasteiger charge is 2.18. The lowest BCUT2D eigenvalue weighted by atomic mass is 10.1. The zero-order valence-corrected chi connectivity index (χ0v) is 15.9. The van der Waals surface area contributed by atoms with Gasteiger partial charge < -0.3 is 15.4 Å². The number of hydrogen-bond donors (Lipinski definition) is 2. The van der Waals surface area contributed by atoms with Crippen LogP contribution in [0.3, 0.4) is 0 Å². The van der Waals surface area contributed by atoms with Crippen molar-refractivity contribution < 1.29 is 9.53 Å². The number of aromatic nitrogens is 2. The summed E-state index contributed by atoms with van der Waals surface area (Å²) in [5.41, 5.74) is 4.19. The molecule has 0 bridgehead atoms. The van der Waals surface area contributed by atoms with Crippen LogP contribution in [0.5, 0.6) is 5.75 Å². The van der Waals surface area contributed by atoms with Gasteiger partial charge in [-0.25, -0.2) is 4.79 Å². The van der Waals surface area contributed by atoms with Crippen LogP contribution in [0.1, 0.15) is 42.4 Å². The molecule has 2 atom stereocenters. The normalized spacial score (nSPS) is 13.2. The van der Waals surface area contributed by atoms with E-state index in [0.717, 1.165) is 28.3 Å². The van der Waals surface area contributed by atoms with Crippen LogP contribution in [0.2, 0.25) is 0 Å². The predicted octanol–water partition coefficient (Wildman–Crippen LogP) is 3.17. The molecule has 1 heterocycles. The van der Waals surface area contributed by atoms with Crippen molar-refractivity contribution in [2.45, 2.75) is 46.8 Å². The zero-order chi connectivity index (χ0) is 18.6. The Hall–Kier alpha value is -2.50. The maximum Gasteiger partial charge on any atom is 0.315 e. The fraction of sp³-hybridized carbons (Fsp3) is 0.474. The van der Waals surface area contributed by atoms with Crippen molar-refractivity contribution in [3.63, 3.8) is 0 Å². The Labute approximate surface area is 149 Å². The summed E-state index contributed by atoms with van der Waals surface area (Å²) in [4.78, 5) is 12.2. The van der Waals surface area contributed by atoms with Crippen LogP contribution in [0, 0.1) is 20.8 Å². The van der Waals surface area contributed by atoms with E-state index in [9.17, 15) is 4.79 Å². The fourth-order valence-electron chi connectivity index (χ4n) is 2.94. The summed E-state index contributed by atoms with van der Waals surface area (Å²) in [7, 11) is 1.91. The van der Waals surface area contributed by atoms with Crippen molar-refractivity contribution in [3.05, 3.63) is 46.8 Å². The van der Waals surface area contributed by atoms with Gasteiger partial charge in [-0.05, 0) is 52.3 Å². The molecule has 0 spiro atoms. The molecule has 0 saturated carbocycles. The van der Waals surface area contributed by atoms with E-state index >= 15 is 0 Å². The van der Waals surface area contributed by atoms with Gasteiger partial charge in [0.05, 0.1) is 18.3 Å². The van der Waals surface area contributed by atoms with Gasteiger partial charge in [0.25, 0.3) is 0 Å². The molecule has 2 rings (SSSR count). The molecule has 0 fully saturated rings. The molecule has 6 heteroatoms. The Balaban J connectivity index is 1.83. The first-order valence-electron chi connectivity index (χ1n) is 8.55. The summed E-state index contributed by atoms with van der Waals surface area (Å²) in [6.07, 6.45) is -0.121. The topological polar surface area (TPSA) is 68.2 Å². The van der Waals surface area contributed by atoms with Crippen LogP contribution in [0.4, 0.5) is 4.79 Å². The third kappa shape index (κ3) is 4.98. The lowest BCUT2D eigenvalue weighted by Gasteiger charge is -2.18. The zero-order valence-electron chi connectivity index (χ0n) is 15.9. The van der Waals surface area contributed by atoms with Crippen LogP contribution in [-0.2, 0) is 7.05 Å². The number of urea groups is 1. The van der Waals surface area contributed by atoms with Gasteiger partial charge in [0.1, 0.15) is 11.9 Å². The minimum atomic E-state index is -0.213. The Morgan fingerprint density at radius 3 is 2.60 bits per heavy atom. The van der Waals surface area contributed by atoms with Crippen molar-refractivity contribution >= 4 is 6.03 Å². The van der Waals surface area contributed by atoms with Crippen LogP contribution in [0.15, 0.2) is 24.3 Å². The summed E-state index contributed by atoms with van der Waals surface area (Å²) in [6, 6.07) is 7.55. The molecule has 0 aliphatic carbocycles. The third-order valence-electron chi connectivity index (χ3n) is 4.22. The van der Waals surface area contributed by atoms with Gasteiger partial charge in [0, 0.05) is 18.3 Å². The number of nitrogens with one attached hydrogen (secondary N) is 2. The van der Waals surface area contributed by atoms with E-state index in [1.807, 2.05) is 70.6 Å². The molecular formula is C19H28N4O2. The minimum absolute atomic E-state index is 0.110. The Bertz CT molecular complexity index is 739. The molecule has 1 aromatic heterocycles. The number of carbonyl (C=O) groups excluding carboxylic acids is 1. The predicted molar refractivity (Wildman–Crippen MR) is 98.9 cm³/mol. The highest BCUT2D eigenvalue weighted by molar-refractivity contribution is 5.74. The van der Waals surface area contributed by atoms with Gasteiger partial charge in [-0.3, -0.25) is 4.68 Å². The first-order valence-corrected chi connectivity index (χ1v) is 8.55. The number of rotatable bonds is 6. The van der Waals surface area contributed by atoms with E-state index in [4.69, 9.17) is 4.74 Å². The largest absolute Gasteiger partial charge is 0.489 e. The van der Waals surface area contributed by atoms with Gasteiger partial charge in [0.15, 0.2) is 0 Å². The van der Waals surface area contributed by atoms with Crippen LogP contribution >= 0.6 is 0 Å². The lowest BCUT2D eigenvalue weighted by Crippen LogP contribution is -2.41. The second-order valence-electron chi connectivity index (χ2n) is 6.53. The minimum Gasteiger partial charge on any atom is -0.489 e. The van der Waals surface area contributed by atoms with E-state index in [1.165, 1.54) is 0 Å². The molecule has 0 aliphatic heterocycles. The molecule has 2 aromatic rings. The molecule has 2 N–H and O–H groups in total. The second-order valence-corrected chi connectivity index (χ2v) is 6.53. The van der Waals surface area contributed by atoms with Gasteiger partial charge in [-0.15, -0.1) is 0 Å². The number of nitrogens with zero attached hydrogens (tertiary/aromatic N) is 2.